The van der Waals surface area contributed by atoms with E-state index in [9.17, 15) is 14.4 Å². The molecular weight excluding hydrogens is 829 g/mol. The number of aromatic carboxylic acids is 1. The molecule has 64 heavy (non-hydrogen) atoms. The average Bonchev–Trinajstić information content (AvgIpc) is 3.99. The van der Waals surface area contributed by atoms with Crippen LogP contribution in [0, 0.1) is 6.92 Å². The molecule has 0 aliphatic rings. The summed E-state index contributed by atoms with van der Waals surface area (Å²) in [5, 5.41) is 15.6. The number of carbonyl (C=O) groups excluding carboxylic acids is 2. The third-order valence-corrected chi connectivity index (χ3v) is 12.0. The van der Waals surface area contributed by atoms with Gasteiger partial charge in [-0.3, -0.25) is 9.59 Å². The molecule has 0 bridgehead atoms. The summed E-state index contributed by atoms with van der Waals surface area (Å²) in [6, 6.07) is 4.71. The van der Waals surface area contributed by atoms with E-state index >= 15 is 0 Å². The van der Waals surface area contributed by atoms with Gasteiger partial charge in [0.2, 0.25) is 17.7 Å². The van der Waals surface area contributed by atoms with Crippen LogP contribution in [-0.2, 0) is 9.59 Å². The molecule has 0 fully saturated rings. The minimum Gasteiger partial charge on any atom is -0.478 e. The van der Waals surface area contributed by atoms with E-state index in [0.29, 0.717) is 41.5 Å². The highest BCUT2D eigenvalue weighted by Gasteiger charge is 2.11. The number of aromatic nitrogens is 8. The standard InChI is InChI=1S/C29H49N5O2.C19H21N5O3S/c1-25(2)28(35)30-21-19-17-15-13-11-9-7-5-3-4-6-8-10-12-14-16-18-20-22-36-29-26-27(32-23-31-26)33-24-34-29;1-12-6-7-13(19(26)27)9-14(12)24-15(25)5-3-2-4-8-28-18-16-17(21-10-20-16)22-11-23-18/h23-24H,1,3-22H2,2H3,(H,30,35)(H,31,32,33,34);6-7,9-11H,2-5,8H2,1H3,(H,24,25)(H,26,27)(H,20,21,22,23). The Balaban J connectivity index is 0.000000289. The van der Waals surface area contributed by atoms with Crippen LogP contribution < -0.4 is 15.4 Å². The highest BCUT2D eigenvalue weighted by Crippen LogP contribution is 2.24. The van der Waals surface area contributed by atoms with Crippen molar-refractivity contribution in [1.82, 2.24) is 45.2 Å². The van der Waals surface area contributed by atoms with Crippen LogP contribution in [0.5, 0.6) is 5.88 Å². The van der Waals surface area contributed by atoms with Gasteiger partial charge in [0, 0.05) is 24.2 Å². The Morgan fingerprint density at radius 2 is 1.23 bits per heavy atom. The molecular formula is C48H70N10O5S. The van der Waals surface area contributed by atoms with Crippen LogP contribution in [0.4, 0.5) is 5.69 Å². The van der Waals surface area contributed by atoms with E-state index in [1.165, 1.54) is 128 Å². The molecule has 5 aromatic rings. The number of carboxylic acid groups (broad SMARTS) is 1. The zero-order valence-corrected chi connectivity index (χ0v) is 38.9. The maximum atomic E-state index is 12.1. The van der Waals surface area contributed by atoms with Crippen LogP contribution >= 0.6 is 11.8 Å². The quantitative estimate of drug-likeness (QED) is 0.0118. The van der Waals surface area contributed by atoms with Crippen molar-refractivity contribution in [2.24, 2.45) is 0 Å². The number of anilines is 1. The monoisotopic (exact) mass is 899 g/mol. The fourth-order valence-corrected chi connectivity index (χ4v) is 8.08. The Hall–Kier alpha value is -5.38. The fourth-order valence-electron chi connectivity index (χ4n) is 7.12. The topological polar surface area (TPSA) is 214 Å². The zero-order chi connectivity index (χ0) is 45.6. The number of aromatic amines is 2. The first kappa shape index (κ1) is 51.3. The first-order valence-electron chi connectivity index (χ1n) is 23.3. The number of nitrogens with zero attached hydrogens (tertiary/aromatic N) is 6. The molecule has 16 heteroatoms. The number of imidazole rings is 2. The normalized spacial score (nSPS) is 11.0. The summed E-state index contributed by atoms with van der Waals surface area (Å²) in [6.45, 7) is 8.72. The van der Waals surface area contributed by atoms with E-state index < -0.39 is 5.97 Å². The summed E-state index contributed by atoms with van der Waals surface area (Å²) in [4.78, 5) is 65.5. The summed E-state index contributed by atoms with van der Waals surface area (Å²) in [5.41, 5.74) is 5.09. The molecule has 0 spiro atoms. The van der Waals surface area contributed by atoms with Gasteiger partial charge in [0.25, 0.3) is 0 Å². The van der Waals surface area contributed by atoms with Gasteiger partial charge in [-0.05, 0) is 63.0 Å². The number of thioether (sulfide) groups is 1. The lowest BCUT2D eigenvalue weighted by Gasteiger charge is -2.09. The predicted octanol–water partition coefficient (Wildman–Crippen LogP) is 11.1. The minimum absolute atomic E-state index is 0.0132. The minimum atomic E-state index is -1.01. The average molecular weight is 899 g/mol. The molecule has 5 rings (SSSR count). The number of hydrogen-bond donors (Lipinski definition) is 5. The lowest BCUT2D eigenvalue weighted by atomic mass is 10.0. The number of aryl methyl sites for hydroxylation is 1. The van der Waals surface area contributed by atoms with E-state index in [1.807, 2.05) is 6.92 Å². The van der Waals surface area contributed by atoms with Crippen LogP contribution in [0.3, 0.4) is 0 Å². The fraction of sp³-hybridized carbons (Fsp3) is 0.562. The molecule has 0 radical (unpaired) electrons. The molecule has 0 saturated carbocycles. The van der Waals surface area contributed by atoms with Crippen LogP contribution in [0.15, 0.2) is 60.7 Å². The second kappa shape index (κ2) is 30.7. The lowest BCUT2D eigenvalue weighted by Crippen LogP contribution is -2.24. The van der Waals surface area contributed by atoms with Gasteiger partial charge in [-0.25, -0.2) is 29.7 Å². The third kappa shape index (κ3) is 20.0. The largest absolute Gasteiger partial charge is 0.478 e. The molecule has 4 aromatic heterocycles. The van der Waals surface area contributed by atoms with Crippen molar-refractivity contribution < 1.29 is 24.2 Å². The molecule has 4 heterocycles. The van der Waals surface area contributed by atoms with Crippen molar-refractivity contribution in [2.75, 3.05) is 24.2 Å². The third-order valence-electron chi connectivity index (χ3n) is 10.9. The molecule has 1 aromatic carbocycles. The van der Waals surface area contributed by atoms with Gasteiger partial charge in [0.15, 0.2) is 11.3 Å². The Morgan fingerprint density at radius 3 is 1.84 bits per heavy atom. The number of fused-ring (bicyclic) bond motifs is 2. The highest BCUT2D eigenvalue weighted by atomic mass is 32.2. The smallest absolute Gasteiger partial charge is 0.335 e. The van der Waals surface area contributed by atoms with Crippen LogP contribution in [0.1, 0.15) is 164 Å². The van der Waals surface area contributed by atoms with Gasteiger partial charge in [-0.2, -0.15) is 4.98 Å². The number of carbonyl (C=O) groups is 3. The Bertz CT molecular complexity index is 2140. The maximum Gasteiger partial charge on any atom is 0.335 e. The second-order valence-corrected chi connectivity index (χ2v) is 17.4. The summed E-state index contributed by atoms with van der Waals surface area (Å²) in [7, 11) is 0. The van der Waals surface area contributed by atoms with Crippen molar-refractivity contribution in [2.45, 2.75) is 160 Å². The molecule has 0 unspecified atom stereocenters. The molecule has 0 saturated heterocycles. The number of H-pyrrole nitrogens is 2. The molecule has 0 atom stereocenters. The van der Waals surface area contributed by atoms with Gasteiger partial charge in [-0.15, -0.1) is 11.8 Å². The zero-order valence-electron chi connectivity index (χ0n) is 38.1. The molecule has 0 aliphatic heterocycles. The number of nitrogens with one attached hydrogen (secondary N) is 4. The number of unbranched alkanes of at least 4 members (excludes halogenated alkanes) is 19. The van der Waals surface area contributed by atoms with E-state index in [1.54, 1.807) is 37.4 Å². The van der Waals surface area contributed by atoms with Crippen LogP contribution in [0.2, 0.25) is 0 Å². The van der Waals surface area contributed by atoms with Gasteiger partial charge in [0.05, 0.1) is 24.8 Å². The second-order valence-electron chi connectivity index (χ2n) is 16.4. The number of benzene rings is 1. The summed E-state index contributed by atoms with van der Waals surface area (Å²) in [6.07, 6.45) is 33.0. The van der Waals surface area contributed by atoms with Gasteiger partial charge in [0.1, 0.15) is 28.7 Å². The molecule has 15 nitrogen and oxygen atoms in total. The Labute approximate surface area is 382 Å². The first-order valence-corrected chi connectivity index (χ1v) is 24.3. The van der Waals surface area contributed by atoms with Crippen molar-refractivity contribution >= 4 is 57.6 Å². The lowest BCUT2D eigenvalue weighted by molar-refractivity contribution is -0.117. The van der Waals surface area contributed by atoms with Crippen LogP contribution in [-0.4, -0.2) is 81.7 Å². The number of carboxylic acids is 1. The van der Waals surface area contributed by atoms with Gasteiger partial charge < -0.3 is 30.4 Å². The molecule has 5 N–H and O–H groups in total. The van der Waals surface area contributed by atoms with Crippen molar-refractivity contribution in [3.63, 3.8) is 0 Å². The number of rotatable bonds is 32. The van der Waals surface area contributed by atoms with E-state index in [2.05, 4.69) is 57.1 Å². The van der Waals surface area contributed by atoms with Crippen molar-refractivity contribution in [3.8, 4) is 5.88 Å². The molecule has 348 valence electrons. The van der Waals surface area contributed by atoms with Crippen LogP contribution in [0.25, 0.3) is 22.3 Å². The van der Waals surface area contributed by atoms with E-state index in [4.69, 9.17) is 9.84 Å². The van der Waals surface area contributed by atoms with E-state index in [0.717, 1.165) is 66.0 Å². The maximum absolute atomic E-state index is 12.1. The number of amides is 2. The molecule has 0 aliphatic carbocycles. The summed E-state index contributed by atoms with van der Waals surface area (Å²) < 4.78 is 5.79. The Kier molecular flexibility index (Phi) is 24.6. The van der Waals surface area contributed by atoms with Gasteiger partial charge >= 0.3 is 5.97 Å². The van der Waals surface area contributed by atoms with Gasteiger partial charge in [-0.1, -0.05) is 122 Å². The Morgan fingerprint density at radius 1 is 0.688 bits per heavy atom. The predicted molar refractivity (Wildman–Crippen MR) is 256 cm³/mol. The molecule has 2 amide bonds. The van der Waals surface area contributed by atoms with Crippen molar-refractivity contribution in [3.05, 3.63) is 66.8 Å². The summed E-state index contributed by atoms with van der Waals surface area (Å²) >= 11 is 1.64. The summed E-state index contributed by atoms with van der Waals surface area (Å²) in [5.74, 6) is 0.372. The van der Waals surface area contributed by atoms with Crippen molar-refractivity contribution in [1.29, 1.82) is 0 Å². The van der Waals surface area contributed by atoms with E-state index in [-0.39, 0.29) is 17.4 Å². The first-order chi connectivity index (χ1) is 31.2. The highest BCUT2D eigenvalue weighted by molar-refractivity contribution is 7.99. The SMILES string of the molecule is C=C(C)C(=O)NCCCCCCCCCCCCCCCCCCCCOc1ncnc2nc[nH]c12.Cc1ccc(C(=O)O)cc1NC(=O)CCCCCSc1ncnc2nc[nH]c12. The number of ether oxygens (including phenoxy) is 1. The number of hydrogen-bond acceptors (Lipinski definition) is 11.